The number of pyridine rings is 1. The average molecular weight is 422 g/mol. The summed E-state index contributed by atoms with van der Waals surface area (Å²) < 4.78 is 1.82. The maximum absolute atomic E-state index is 13.4. The van der Waals surface area contributed by atoms with Gasteiger partial charge in [0.05, 0.1) is 29.4 Å². The van der Waals surface area contributed by atoms with Crippen molar-refractivity contribution in [1.29, 1.82) is 0 Å². The Kier molecular flexibility index (Phi) is 6.15. The van der Waals surface area contributed by atoms with E-state index in [0.29, 0.717) is 22.3 Å². The minimum atomic E-state index is -0.359. The van der Waals surface area contributed by atoms with Crippen LogP contribution in [0, 0.1) is 6.92 Å². The monoisotopic (exact) mass is 421 g/mol. The fourth-order valence-corrected chi connectivity index (χ4v) is 3.40. The van der Waals surface area contributed by atoms with Crippen molar-refractivity contribution in [3.63, 3.8) is 0 Å². The molecular formula is C24H31N5O2. The number of aromatic nitrogens is 3. The summed E-state index contributed by atoms with van der Waals surface area (Å²) >= 11 is 0. The van der Waals surface area contributed by atoms with Crippen LogP contribution >= 0.6 is 0 Å². The number of carbonyl (C=O) groups is 2. The molecule has 0 radical (unpaired) electrons. The number of amides is 2. The third kappa shape index (κ3) is 5.10. The van der Waals surface area contributed by atoms with Crippen molar-refractivity contribution in [2.24, 2.45) is 0 Å². The van der Waals surface area contributed by atoms with Crippen molar-refractivity contribution < 1.29 is 9.59 Å². The summed E-state index contributed by atoms with van der Waals surface area (Å²) in [5.41, 5.74) is 3.56. The topological polar surface area (TPSA) is 80.1 Å². The molecule has 0 atom stereocenters. The predicted molar refractivity (Wildman–Crippen MR) is 123 cm³/mol. The van der Waals surface area contributed by atoms with E-state index in [9.17, 15) is 9.59 Å². The fourth-order valence-electron chi connectivity index (χ4n) is 3.40. The first kappa shape index (κ1) is 22.5. The summed E-state index contributed by atoms with van der Waals surface area (Å²) in [6.45, 7) is 11.8. The summed E-state index contributed by atoms with van der Waals surface area (Å²) in [4.78, 5) is 32.0. The lowest BCUT2D eigenvalue weighted by molar-refractivity contribution is -0.122. The van der Waals surface area contributed by atoms with Crippen LogP contribution in [-0.2, 0) is 4.79 Å². The normalized spacial score (nSPS) is 11.7. The first-order valence-corrected chi connectivity index (χ1v) is 10.5. The summed E-state index contributed by atoms with van der Waals surface area (Å²) in [5, 5.41) is 8.03. The summed E-state index contributed by atoms with van der Waals surface area (Å²) in [7, 11) is 1.63. The Morgan fingerprint density at radius 2 is 1.81 bits per heavy atom. The highest BCUT2D eigenvalue weighted by molar-refractivity contribution is 6.07. The van der Waals surface area contributed by atoms with Gasteiger partial charge in [-0.3, -0.25) is 9.59 Å². The van der Waals surface area contributed by atoms with Crippen molar-refractivity contribution >= 4 is 22.8 Å². The number of likely N-dealkylation sites (N-methyl/N-ethyl adjacent to an activating group) is 1. The number of aryl methyl sites for hydroxylation is 1. The Hall–Kier alpha value is -3.22. The zero-order valence-corrected chi connectivity index (χ0v) is 19.4. The van der Waals surface area contributed by atoms with Crippen molar-refractivity contribution in [3.8, 4) is 11.3 Å². The number of hydrogen-bond acceptors (Lipinski definition) is 4. The van der Waals surface area contributed by atoms with Gasteiger partial charge < -0.3 is 10.2 Å². The van der Waals surface area contributed by atoms with Crippen LogP contribution in [0.25, 0.3) is 22.3 Å². The van der Waals surface area contributed by atoms with Crippen molar-refractivity contribution in [2.75, 3.05) is 13.6 Å². The zero-order chi connectivity index (χ0) is 22.9. The highest BCUT2D eigenvalue weighted by Gasteiger charge is 2.23. The average Bonchev–Trinajstić information content (AvgIpc) is 3.10. The Balaban J connectivity index is 2.04. The van der Waals surface area contributed by atoms with Crippen LogP contribution in [0.4, 0.5) is 0 Å². The number of hydrogen-bond donors (Lipinski definition) is 1. The second-order valence-corrected chi connectivity index (χ2v) is 9.30. The van der Waals surface area contributed by atoms with E-state index in [2.05, 4.69) is 10.4 Å². The molecule has 0 saturated carbocycles. The summed E-state index contributed by atoms with van der Waals surface area (Å²) in [5.74, 6) is -0.446. The van der Waals surface area contributed by atoms with Gasteiger partial charge in [0.1, 0.15) is 0 Å². The van der Waals surface area contributed by atoms with Crippen LogP contribution in [0.5, 0.6) is 0 Å². The number of fused-ring (bicyclic) bond motifs is 1. The van der Waals surface area contributed by atoms with Gasteiger partial charge in [0.15, 0.2) is 5.65 Å². The van der Waals surface area contributed by atoms with Crippen molar-refractivity contribution in [1.82, 2.24) is 25.0 Å². The van der Waals surface area contributed by atoms with Gasteiger partial charge in [-0.25, -0.2) is 9.67 Å². The van der Waals surface area contributed by atoms with Crippen LogP contribution in [-0.4, -0.2) is 50.6 Å². The zero-order valence-electron chi connectivity index (χ0n) is 19.4. The van der Waals surface area contributed by atoms with Crippen LogP contribution in [0.1, 0.15) is 56.6 Å². The van der Waals surface area contributed by atoms with Crippen LogP contribution < -0.4 is 5.32 Å². The molecule has 2 aromatic heterocycles. The van der Waals surface area contributed by atoms with Gasteiger partial charge in [0, 0.05) is 24.2 Å². The van der Waals surface area contributed by atoms with Crippen molar-refractivity contribution in [3.05, 3.63) is 47.7 Å². The molecule has 7 nitrogen and oxygen atoms in total. The molecule has 31 heavy (non-hydrogen) atoms. The van der Waals surface area contributed by atoms with E-state index in [1.54, 1.807) is 19.3 Å². The molecule has 1 aromatic carbocycles. The third-order valence-electron chi connectivity index (χ3n) is 4.88. The van der Waals surface area contributed by atoms with Gasteiger partial charge in [0.25, 0.3) is 5.91 Å². The van der Waals surface area contributed by atoms with Gasteiger partial charge in [-0.1, -0.05) is 29.8 Å². The molecule has 0 aliphatic heterocycles. The van der Waals surface area contributed by atoms with Gasteiger partial charge in [-0.05, 0) is 47.6 Å². The number of benzene rings is 1. The Labute approximate surface area is 183 Å². The molecule has 1 N–H and O–H groups in total. The molecule has 0 bridgehead atoms. The molecule has 3 rings (SSSR count). The lowest BCUT2D eigenvalue weighted by atomic mass is 10.0. The lowest BCUT2D eigenvalue weighted by Crippen LogP contribution is -2.46. The molecule has 0 fully saturated rings. The van der Waals surface area contributed by atoms with E-state index >= 15 is 0 Å². The summed E-state index contributed by atoms with van der Waals surface area (Å²) in [6, 6.07) is 9.91. The predicted octanol–water partition coefficient (Wildman–Crippen LogP) is 3.97. The minimum absolute atomic E-state index is 0.0297. The molecular weight excluding hydrogens is 390 g/mol. The number of carbonyl (C=O) groups excluding carboxylic acids is 2. The maximum Gasteiger partial charge on any atom is 0.254 e. The molecule has 3 aromatic rings. The van der Waals surface area contributed by atoms with E-state index in [0.717, 1.165) is 11.1 Å². The summed E-state index contributed by atoms with van der Waals surface area (Å²) in [6.07, 6.45) is 1.68. The quantitative estimate of drug-likeness (QED) is 0.676. The van der Waals surface area contributed by atoms with Gasteiger partial charge in [-0.15, -0.1) is 0 Å². The highest BCUT2D eigenvalue weighted by Crippen LogP contribution is 2.27. The molecule has 0 aliphatic carbocycles. The second-order valence-electron chi connectivity index (χ2n) is 9.30. The van der Waals surface area contributed by atoms with Crippen LogP contribution in [0.15, 0.2) is 36.5 Å². The molecule has 7 heteroatoms. The van der Waals surface area contributed by atoms with E-state index in [1.807, 2.05) is 70.5 Å². The lowest BCUT2D eigenvalue weighted by Gasteiger charge is -2.23. The van der Waals surface area contributed by atoms with Gasteiger partial charge >= 0.3 is 0 Å². The van der Waals surface area contributed by atoms with Crippen LogP contribution in [0.2, 0.25) is 0 Å². The van der Waals surface area contributed by atoms with Crippen molar-refractivity contribution in [2.45, 2.75) is 53.1 Å². The Bertz CT molecular complexity index is 1110. The highest BCUT2D eigenvalue weighted by atomic mass is 16.2. The maximum atomic E-state index is 13.4. The molecule has 2 heterocycles. The molecule has 164 valence electrons. The standard InChI is InChI=1S/C24H31N5O2/c1-15(2)29-22-19(13-25-29)18(12-20(26-22)17-10-8-16(3)9-11-17)23(31)28(7)14-21(30)27-24(4,5)6/h8-13,15H,14H2,1-7H3,(H,27,30). The van der Waals surface area contributed by atoms with Crippen LogP contribution in [0.3, 0.4) is 0 Å². The van der Waals surface area contributed by atoms with Gasteiger partial charge in [0.2, 0.25) is 5.91 Å². The SMILES string of the molecule is Cc1ccc(-c2cc(C(=O)N(C)CC(=O)NC(C)(C)C)c3cnn(C(C)C)c3n2)cc1. The van der Waals surface area contributed by atoms with E-state index in [4.69, 9.17) is 4.98 Å². The Morgan fingerprint density at radius 3 is 2.39 bits per heavy atom. The first-order valence-electron chi connectivity index (χ1n) is 10.5. The van der Waals surface area contributed by atoms with E-state index in [-0.39, 0.29) is 29.9 Å². The largest absolute Gasteiger partial charge is 0.350 e. The van der Waals surface area contributed by atoms with E-state index in [1.165, 1.54) is 4.90 Å². The van der Waals surface area contributed by atoms with E-state index < -0.39 is 0 Å². The number of nitrogens with zero attached hydrogens (tertiary/aromatic N) is 4. The van der Waals surface area contributed by atoms with Gasteiger partial charge in [-0.2, -0.15) is 5.10 Å². The second kappa shape index (κ2) is 8.49. The third-order valence-corrected chi connectivity index (χ3v) is 4.88. The first-order chi connectivity index (χ1) is 14.5. The molecule has 2 amide bonds. The minimum Gasteiger partial charge on any atom is -0.350 e. The molecule has 0 spiro atoms. The molecule has 0 unspecified atom stereocenters. The molecule has 0 aliphatic rings. The number of nitrogens with one attached hydrogen (secondary N) is 1. The Morgan fingerprint density at radius 1 is 1.16 bits per heavy atom. The molecule has 0 saturated heterocycles. The number of rotatable bonds is 5. The fraction of sp³-hybridized carbons (Fsp3) is 0.417. The smallest absolute Gasteiger partial charge is 0.254 e.